The van der Waals surface area contributed by atoms with Crippen molar-refractivity contribution in [3.05, 3.63) is 78.4 Å². The third kappa shape index (κ3) is 5.58. The molecule has 1 amide bonds. The van der Waals surface area contributed by atoms with Crippen molar-refractivity contribution >= 4 is 33.4 Å². The van der Waals surface area contributed by atoms with Gasteiger partial charge in [0.1, 0.15) is 19.0 Å². The molecule has 0 bridgehead atoms. The van der Waals surface area contributed by atoms with Gasteiger partial charge in [-0.2, -0.15) is 0 Å². The van der Waals surface area contributed by atoms with Crippen molar-refractivity contribution in [3.63, 3.8) is 0 Å². The van der Waals surface area contributed by atoms with E-state index in [9.17, 15) is 13.2 Å². The number of methoxy groups -OCH3 is 1. The van der Waals surface area contributed by atoms with Crippen LogP contribution in [0.1, 0.15) is 12.5 Å². The summed E-state index contributed by atoms with van der Waals surface area (Å²) >= 11 is 0. The van der Waals surface area contributed by atoms with Gasteiger partial charge in [-0.3, -0.25) is 9.10 Å². The molecule has 0 unspecified atom stereocenters. The molecule has 1 aliphatic heterocycles. The number of nitrogens with one attached hydrogen (secondary N) is 1. The predicted octanol–water partition coefficient (Wildman–Crippen LogP) is 4.33. The average Bonchev–Trinajstić information content (AvgIpc) is 2.86. The van der Waals surface area contributed by atoms with Crippen LogP contribution in [-0.4, -0.2) is 41.2 Å². The zero-order chi connectivity index (χ0) is 24.8. The van der Waals surface area contributed by atoms with Crippen LogP contribution in [0.5, 0.6) is 17.2 Å². The molecule has 0 saturated carbocycles. The van der Waals surface area contributed by atoms with E-state index in [2.05, 4.69) is 5.32 Å². The minimum atomic E-state index is -4.04. The number of sulfonamides is 1. The molecule has 9 heteroatoms. The Labute approximate surface area is 204 Å². The van der Waals surface area contributed by atoms with E-state index in [0.29, 0.717) is 36.1 Å². The van der Waals surface area contributed by atoms with Gasteiger partial charge >= 0.3 is 0 Å². The molecule has 0 aliphatic carbocycles. The number of hydrogen-bond donors (Lipinski definition) is 1. The SMILES string of the molecule is COc1ccc(S(=O)(=O)N(CC=Cc2ccccc2)c2ccc3c(c2)OCCO3)cc1NC(C)=O. The smallest absolute Gasteiger partial charge is 0.264 e. The number of anilines is 2. The van der Waals surface area contributed by atoms with Crippen LogP contribution in [0.25, 0.3) is 6.08 Å². The van der Waals surface area contributed by atoms with Crippen molar-refractivity contribution in [2.75, 3.05) is 36.5 Å². The van der Waals surface area contributed by atoms with Gasteiger partial charge in [-0.15, -0.1) is 0 Å². The lowest BCUT2D eigenvalue weighted by molar-refractivity contribution is -0.114. The minimum Gasteiger partial charge on any atom is -0.495 e. The average molecular weight is 495 g/mol. The number of amides is 1. The van der Waals surface area contributed by atoms with Crippen molar-refractivity contribution in [2.24, 2.45) is 0 Å². The van der Waals surface area contributed by atoms with Crippen LogP contribution in [0, 0.1) is 0 Å². The van der Waals surface area contributed by atoms with Crippen LogP contribution in [0.4, 0.5) is 11.4 Å². The predicted molar refractivity (Wildman–Crippen MR) is 135 cm³/mol. The summed E-state index contributed by atoms with van der Waals surface area (Å²) in [5.41, 5.74) is 1.64. The highest BCUT2D eigenvalue weighted by Gasteiger charge is 2.27. The maximum Gasteiger partial charge on any atom is 0.264 e. The molecule has 0 spiro atoms. The molecular weight excluding hydrogens is 468 g/mol. The van der Waals surface area contributed by atoms with Crippen LogP contribution in [0.15, 0.2) is 77.7 Å². The van der Waals surface area contributed by atoms with Gasteiger partial charge in [0.2, 0.25) is 5.91 Å². The lowest BCUT2D eigenvalue weighted by Gasteiger charge is -2.26. The van der Waals surface area contributed by atoms with Gasteiger partial charge in [0.15, 0.2) is 11.5 Å². The molecule has 182 valence electrons. The monoisotopic (exact) mass is 494 g/mol. The second-order valence-corrected chi connectivity index (χ2v) is 9.58. The highest BCUT2D eigenvalue weighted by molar-refractivity contribution is 7.92. The highest BCUT2D eigenvalue weighted by atomic mass is 32.2. The summed E-state index contributed by atoms with van der Waals surface area (Å²) in [6, 6.07) is 19.0. The fraction of sp³-hybridized carbons (Fsp3) is 0.192. The fourth-order valence-corrected chi connectivity index (χ4v) is 5.07. The van der Waals surface area contributed by atoms with Gasteiger partial charge in [0.25, 0.3) is 10.0 Å². The topological polar surface area (TPSA) is 94.2 Å². The molecule has 0 fully saturated rings. The Bertz CT molecular complexity index is 1340. The van der Waals surface area contributed by atoms with Crippen LogP contribution >= 0.6 is 0 Å². The zero-order valence-corrected chi connectivity index (χ0v) is 20.2. The lowest BCUT2D eigenvalue weighted by Crippen LogP contribution is -2.31. The second-order valence-electron chi connectivity index (χ2n) is 7.72. The third-order valence-corrected chi connectivity index (χ3v) is 7.05. The summed E-state index contributed by atoms with van der Waals surface area (Å²) in [7, 11) is -2.59. The Balaban J connectivity index is 1.74. The van der Waals surface area contributed by atoms with Crippen molar-refractivity contribution in [3.8, 4) is 17.2 Å². The van der Waals surface area contributed by atoms with E-state index in [0.717, 1.165) is 5.56 Å². The van der Waals surface area contributed by atoms with Crippen molar-refractivity contribution in [2.45, 2.75) is 11.8 Å². The number of fused-ring (bicyclic) bond motifs is 1. The molecule has 1 N–H and O–H groups in total. The van der Waals surface area contributed by atoms with E-state index in [1.807, 2.05) is 36.4 Å². The maximum atomic E-state index is 13.8. The first kappa shape index (κ1) is 24.2. The summed E-state index contributed by atoms with van der Waals surface area (Å²) in [5, 5.41) is 2.62. The molecule has 0 aromatic heterocycles. The molecule has 35 heavy (non-hydrogen) atoms. The molecule has 0 radical (unpaired) electrons. The van der Waals surface area contributed by atoms with Gasteiger partial charge in [0, 0.05) is 13.0 Å². The molecule has 1 heterocycles. The number of nitrogens with zero attached hydrogens (tertiary/aromatic N) is 1. The minimum absolute atomic E-state index is 0.00468. The van der Waals surface area contributed by atoms with E-state index in [1.54, 1.807) is 24.3 Å². The van der Waals surface area contributed by atoms with Crippen LogP contribution in [0.3, 0.4) is 0 Å². The Morgan fingerprint density at radius 3 is 2.49 bits per heavy atom. The third-order valence-electron chi connectivity index (χ3n) is 5.26. The number of ether oxygens (including phenoxy) is 3. The summed E-state index contributed by atoms with van der Waals surface area (Å²) in [4.78, 5) is 11.7. The molecule has 3 aromatic rings. The van der Waals surface area contributed by atoms with Crippen molar-refractivity contribution in [1.29, 1.82) is 0 Å². The maximum absolute atomic E-state index is 13.8. The quantitative estimate of drug-likeness (QED) is 0.501. The van der Waals surface area contributed by atoms with Crippen LogP contribution in [-0.2, 0) is 14.8 Å². The summed E-state index contributed by atoms with van der Waals surface area (Å²) in [6.07, 6.45) is 3.64. The molecule has 0 saturated heterocycles. The van der Waals surface area contributed by atoms with Gasteiger partial charge in [-0.05, 0) is 35.9 Å². The highest BCUT2D eigenvalue weighted by Crippen LogP contribution is 2.36. The molecular formula is C26H26N2O6S. The summed E-state index contributed by atoms with van der Waals surface area (Å²) in [6.45, 7) is 2.23. The Morgan fingerprint density at radius 1 is 1.03 bits per heavy atom. The largest absolute Gasteiger partial charge is 0.495 e. The Hall–Kier alpha value is -3.98. The number of carbonyl (C=O) groups excluding carboxylic acids is 1. The molecule has 1 aliphatic rings. The molecule has 8 nitrogen and oxygen atoms in total. The first-order chi connectivity index (χ1) is 16.9. The van der Waals surface area contributed by atoms with Crippen LogP contribution < -0.4 is 23.8 Å². The van der Waals surface area contributed by atoms with Crippen molar-refractivity contribution in [1.82, 2.24) is 0 Å². The van der Waals surface area contributed by atoms with E-state index < -0.39 is 10.0 Å². The number of hydrogen-bond acceptors (Lipinski definition) is 6. The van der Waals surface area contributed by atoms with Gasteiger partial charge in [-0.1, -0.05) is 42.5 Å². The summed E-state index contributed by atoms with van der Waals surface area (Å²) in [5.74, 6) is 1.06. The second kappa shape index (κ2) is 10.5. The van der Waals surface area contributed by atoms with Gasteiger partial charge in [0.05, 0.1) is 29.9 Å². The van der Waals surface area contributed by atoms with E-state index in [-0.39, 0.29) is 23.0 Å². The van der Waals surface area contributed by atoms with Crippen molar-refractivity contribution < 1.29 is 27.4 Å². The number of benzene rings is 3. The number of rotatable bonds is 8. The lowest BCUT2D eigenvalue weighted by atomic mass is 10.2. The normalized spacial score (nSPS) is 12.9. The Morgan fingerprint density at radius 2 is 1.77 bits per heavy atom. The van der Waals surface area contributed by atoms with E-state index in [4.69, 9.17) is 14.2 Å². The zero-order valence-electron chi connectivity index (χ0n) is 19.4. The van der Waals surface area contributed by atoms with Gasteiger partial charge < -0.3 is 19.5 Å². The summed E-state index contributed by atoms with van der Waals surface area (Å²) < 4.78 is 45.5. The van der Waals surface area contributed by atoms with Crippen LogP contribution in [0.2, 0.25) is 0 Å². The molecule has 0 atom stereocenters. The first-order valence-electron chi connectivity index (χ1n) is 11.0. The first-order valence-corrected chi connectivity index (χ1v) is 12.4. The Kier molecular flexibility index (Phi) is 7.26. The van der Waals surface area contributed by atoms with Gasteiger partial charge in [-0.25, -0.2) is 8.42 Å². The standard InChI is InChI=1S/C26H26N2O6S/c1-19(29)27-23-18-22(11-13-24(23)32-2)35(30,31)28(14-6-9-20-7-4-3-5-8-20)21-10-12-25-26(17-21)34-16-15-33-25/h3-13,17-18H,14-16H2,1-2H3,(H,27,29). The molecule has 4 rings (SSSR count). The van der Waals surface area contributed by atoms with E-state index in [1.165, 1.54) is 36.5 Å². The van der Waals surface area contributed by atoms with E-state index >= 15 is 0 Å². The number of carbonyl (C=O) groups is 1. The fourth-order valence-electron chi connectivity index (χ4n) is 3.64. The molecule has 3 aromatic carbocycles.